The zero-order chi connectivity index (χ0) is 11.7. The van der Waals surface area contributed by atoms with E-state index >= 15 is 0 Å². The van der Waals surface area contributed by atoms with Crippen molar-refractivity contribution in [2.24, 2.45) is 5.18 Å². The smallest absolute Gasteiger partial charge is 0.354 e. The lowest BCUT2D eigenvalue weighted by atomic mass is 10.1. The summed E-state index contributed by atoms with van der Waals surface area (Å²) >= 11 is 0. The van der Waals surface area contributed by atoms with E-state index in [1.165, 1.54) is 6.92 Å². The minimum Gasteiger partial charge on any atom is -0.477 e. The Balaban J connectivity index is 2.93. The van der Waals surface area contributed by atoms with Gasteiger partial charge in [0.2, 0.25) is 0 Å². The molecule has 2 rings (SSSR count). The zero-order valence-corrected chi connectivity index (χ0v) is 8.47. The summed E-state index contributed by atoms with van der Waals surface area (Å²) in [5, 5.41) is 12.4. The molecule has 0 aliphatic rings. The van der Waals surface area contributed by atoms with Crippen LogP contribution in [-0.2, 0) is 0 Å². The van der Waals surface area contributed by atoms with E-state index in [4.69, 9.17) is 5.11 Å². The van der Waals surface area contributed by atoms with Crippen molar-refractivity contribution >= 4 is 22.6 Å². The first-order valence-corrected chi connectivity index (χ1v) is 4.61. The Morgan fingerprint density at radius 1 is 1.38 bits per heavy atom. The van der Waals surface area contributed by atoms with Crippen LogP contribution in [0.15, 0.2) is 29.4 Å². The maximum absolute atomic E-state index is 10.9. The first kappa shape index (κ1) is 10.2. The molecule has 0 aliphatic heterocycles. The van der Waals surface area contributed by atoms with Gasteiger partial charge in [0.25, 0.3) is 0 Å². The molecule has 0 saturated carbocycles. The third-order valence-corrected chi connectivity index (χ3v) is 2.40. The highest BCUT2D eigenvalue weighted by atomic mass is 16.4. The third-order valence-electron chi connectivity index (χ3n) is 2.40. The fourth-order valence-corrected chi connectivity index (χ4v) is 1.62. The second kappa shape index (κ2) is 3.69. The minimum atomic E-state index is -1.16. The van der Waals surface area contributed by atoms with Gasteiger partial charge in [0.05, 0.1) is 5.52 Å². The topological polar surface area (TPSA) is 79.6 Å². The van der Waals surface area contributed by atoms with Crippen LogP contribution in [0.5, 0.6) is 0 Å². The van der Waals surface area contributed by atoms with Crippen molar-refractivity contribution in [3.8, 4) is 0 Å². The molecule has 0 amide bonds. The summed E-state index contributed by atoms with van der Waals surface area (Å²) in [6.07, 6.45) is 0. The van der Waals surface area contributed by atoms with Gasteiger partial charge in [-0.15, -0.1) is 4.91 Å². The first-order chi connectivity index (χ1) is 7.65. The van der Waals surface area contributed by atoms with Gasteiger partial charge in [-0.2, -0.15) is 0 Å². The van der Waals surface area contributed by atoms with Crippen molar-refractivity contribution in [3.63, 3.8) is 0 Å². The van der Waals surface area contributed by atoms with Crippen LogP contribution in [0.2, 0.25) is 0 Å². The Morgan fingerprint density at radius 3 is 2.69 bits per heavy atom. The number of rotatable bonds is 2. The fraction of sp³-hybridized carbons (Fsp3) is 0.0909. The molecule has 0 fully saturated rings. The number of benzene rings is 1. The molecule has 0 aliphatic carbocycles. The predicted molar refractivity (Wildman–Crippen MR) is 58.9 cm³/mol. The van der Waals surface area contributed by atoms with Crippen LogP contribution >= 0.6 is 0 Å². The fourth-order valence-electron chi connectivity index (χ4n) is 1.62. The largest absolute Gasteiger partial charge is 0.477 e. The van der Waals surface area contributed by atoms with Gasteiger partial charge in [-0.25, -0.2) is 9.78 Å². The van der Waals surface area contributed by atoms with Gasteiger partial charge in [0, 0.05) is 10.9 Å². The van der Waals surface area contributed by atoms with E-state index in [-0.39, 0.29) is 11.4 Å². The van der Waals surface area contributed by atoms with Gasteiger partial charge >= 0.3 is 5.97 Å². The Morgan fingerprint density at radius 2 is 2.06 bits per heavy atom. The summed E-state index contributed by atoms with van der Waals surface area (Å²) < 4.78 is 0. The molecule has 5 heteroatoms. The number of aromatic nitrogens is 1. The van der Waals surface area contributed by atoms with Gasteiger partial charge in [0.15, 0.2) is 5.69 Å². The van der Waals surface area contributed by atoms with Gasteiger partial charge in [-0.1, -0.05) is 18.2 Å². The molecular weight excluding hydrogens is 208 g/mol. The van der Waals surface area contributed by atoms with Crippen molar-refractivity contribution in [1.82, 2.24) is 4.98 Å². The number of para-hydroxylation sites is 1. The SMILES string of the molecule is Cc1c(C(=O)O)nc2ccccc2c1N=O. The molecule has 1 aromatic heterocycles. The molecule has 0 radical (unpaired) electrons. The normalized spacial score (nSPS) is 10.3. The van der Waals surface area contributed by atoms with E-state index in [0.717, 1.165) is 0 Å². The van der Waals surface area contributed by atoms with Crippen LogP contribution in [-0.4, -0.2) is 16.1 Å². The zero-order valence-electron chi connectivity index (χ0n) is 8.47. The van der Waals surface area contributed by atoms with Crippen molar-refractivity contribution in [2.75, 3.05) is 0 Å². The maximum Gasteiger partial charge on any atom is 0.354 e. The Bertz CT molecular complexity index is 593. The summed E-state index contributed by atoms with van der Waals surface area (Å²) in [6.45, 7) is 1.53. The maximum atomic E-state index is 10.9. The van der Waals surface area contributed by atoms with Crippen molar-refractivity contribution in [2.45, 2.75) is 6.92 Å². The van der Waals surface area contributed by atoms with Crippen LogP contribution < -0.4 is 0 Å². The number of hydrogen-bond acceptors (Lipinski definition) is 4. The monoisotopic (exact) mass is 216 g/mol. The minimum absolute atomic E-state index is 0.131. The summed E-state index contributed by atoms with van der Waals surface area (Å²) in [5.74, 6) is -1.16. The number of aromatic carboxylic acids is 1. The molecule has 0 bridgehead atoms. The molecular formula is C11H8N2O3. The Kier molecular flexibility index (Phi) is 2.36. The molecule has 16 heavy (non-hydrogen) atoms. The molecule has 0 spiro atoms. The highest BCUT2D eigenvalue weighted by molar-refractivity contribution is 5.98. The summed E-state index contributed by atoms with van der Waals surface area (Å²) in [5.41, 5.74) is 0.762. The highest BCUT2D eigenvalue weighted by Crippen LogP contribution is 2.30. The summed E-state index contributed by atoms with van der Waals surface area (Å²) in [4.78, 5) is 25.7. The second-order valence-electron chi connectivity index (χ2n) is 3.35. The standard InChI is InChI=1S/C11H8N2O3/c1-6-9(13-16)7-4-2-3-5-8(7)12-10(6)11(14)15/h2-5H,1H3,(H,14,15). The number of carboxylic acids is 1. The van der Waals surface area contributed by atoms with Crippen LogP contribution in [0.3, 0.4) is 0 Å². The number of fused-ring (bicyclic) bond motifs is 1. The molecule has 1 N–H and O–H groups in total. The van der Waals surface area contributed by atoms with E-state index in [2.05, 4.69) is 10.2 Å². The lowest BCUT2D eigenvalue weighted by Gasteiger charge is -2.05. The van der Waals surface area contributed by atoms with E-state index in [9.17, 15) is 9.70 Å². The van der Waals surface area contributed by atoms with Crippen LogP contribution in [0.25, 0.3) is 10.9 Å². The lowest BCUT2D eigenvalue weighted by Crippen LogP contribution is -2.04. The van der Waals surface area contributed by atoms with Crippen molar-refractivity contribution in [3.05, 3.63) is 40.4 Å². The van der Waals surface area contributed by atoms with Gasteiger partial charge in [-0.05, 0) is 18.2 Å². The number of nitrogens with zero attached hydrogens (tertiary/aromatic N) is 2. The number of hydrogen-bond donors (Lipinski definition) is 1. The molecule has 1 aromatic carbocycles. The molecule has 0 saturated heterocycles. The van der Waals surface area contributed by atoms with Crippen molar-refractivity contribution < 1.29 is 9.90 Å². The number of nitroso groups, excluding NO2 is 1. The quantitative estimate of drug-likeness (QED) is 0.782. The molecule has 0 atom stereocenters. The van der Waals surface area contributed by atoms with Crippen LogP contribution in [0, 0.1) is 11.8 Å². The average Bonchev–Trinajstić information content (AvgIpc) is 2.28. The van der Waals surface area contributed by atoms with Gasteiger partial charge in [-0.3, -0.25) is 0 Å². The van der Waals surface area contributed by atoms with Crippen molar-refractivity contribution in [1.29, 1.82) is 0 Å². The second-order valence-corrected chi connectivity index (χ2v) is 3.35. The highest BCUT2D eigenvalue weighted by Gasteiger charge is 2.16. The van der Waals surface area contributed by atoms with Crippen LogP contribution in [0.1, 0.15) is 16.1 Å². The van der Waals surface area contributed by atoms with E-state index in [0.29, 0.717) is 16.5 Å². The number of carboxylic acid groups (broad SMARTS) is 1. The Hall–Kier alpha value is -2.30. The molecule has 2 aromatic rings. The average molecular weight is 216 g/mol. The van der Waals surface area contributed by atoms with Gasteiger partial charge < -0.3 is 5.11 Å². The third kappa shape index (κ3) is 1.42. The number of carbonyl (C=O) groups is 1. The summed E-state index contributed by atoms with van der Waals surface area (Å²) in [7, 11) is 0. The van der Waals surface area contributed by atoms with E-state index in [1.54, 1.807) is 24.3 Å². The molecule has 0 unspecified atom stereocenters. The molecule has 5 nitrogen and oxygen atoms in total. The van der Waals surface area contributed by atoms with Crippen LogP contribution in [0.4, 0.5) is 5.69 Å². The molecule has 80 valence electrons. The Labute approximate surface area is 90.7 Å². The lowest BCUT2D eigenvalue weighted by molar-refractivity contribution is 0.0690. The predicted octanol–water partition coefficient (Wildman–Crippen LogP) is 2.64. The number of pyridine rings is 1. The van der Waals surface area contributed by atoms with Gasteiger partial charge in [0.1, 0.15) is 5.69 Å². The summed E-state index contributed by atoms with van der Waals surface area (Å²) in [6, 6.07) is 6.82. The van der Waals surface area contributed by atoms with E-state index < -0.39 is 5.97 Å². The van der Waals surface area contributed by atoms with E-state index in [1.807, 2.05) is 0 Å². The first-order valence-electron chi connectivity index (χ1n) is 4.61. The molecule has 1 heterocycles.